The second-order valence-electron chi connectivity index (χ2n) is 3.71. The van der Waals surface area contributed by atoms with E-state index >= 15 is 0 Å². The Balaban J connectivity index is 3.12. The van der Waals surface area contributed by atoms with E-state index in [9.17, 15) is 14.9 Å². The Kier molecular flexibility index (Phi) is 5.51. The molecule has 0 aliphatic carbocycles. The summed E-state index contributed by atoms with van der Waals surface area (Å²) in [5, 5.41) is 10.8. The summed E-state index contributed by atoms with van der Waals surface area (Å²) < 4.78 is 4.90. The summed E-state index contributed by atoms with van der Waals surface area (Å²) >= 11 is 5.72. The first-order chi connectivity index (χ1) is 8.99. The lowest BCUT2D eigenvalue weighted by atomic mass is 10.1. The highest BCUT2D eigenvalue weighted by Crippen LogP contribution is 2.26. The summed E-state index contributed by atoms with van der Waals surface area (Å²) in [6.07, 6.45) is 2.05. The second kappa shape index (κ2) is 6.89. The predicted octanol–water partition coefficient (Wildman–Crippen LogP) is 3.60. The summed E-state index contributed by atoms with van der Waals surface area (Å²) in [6.45, 7) is 3.82. The van der Waals surface area contributed by atoms with Crippen molar-refractivity contribution in [3.63, 3.8) is 0 Å². The number of esters is 1. The maximum absolute atomic E-state index is 11.6. The van der Waals surface area contributed by atoms with Gasteiger partial charge in [-0.1, -0.05) is 24.6 Å². The van der Waals surface area contributed by atoms with Crippen molar-refractivity contribution in [2.45, 2.75) is 20.3 Å². The van der Waals surface area contributed by atoms with Gasteiger partial charge in [0.1, 0.15) is 5.02 Å². The van der Waals surface area contributed by atoms with Crippen LogP contribution < -0.4 is 0 Å². The van der Waals surface area contributed by atoms with Crippen LogP contribution in [-0.4, -0.2) is 17.5 Å². The van der Waals surface area contributed by atoms with Gasteiger partial charge in [0.15, 0.2) is 0 Å². The number of nitrogens with zero attached hydrogens (tertiary/aromatic N) is 1. The van der Waals surface area contributed by atoms with E-state index in [2.05, 4.69) is 0 Å². The zero-order chi connectivity index (χ0) is 14.4. The van der Waals surface area contributed by atoms with Crippen LogP contribution in [0.4, 0.5) is 5.69 Å². The molecule has 19 heavy (non-hydrogen) atoms. The van der Waals surface area contributed by atoms with Gasteiger partial charge in [-0.05, 0) is 31.1 Å². The Morgan fingerprint density at radius 2 is 2.16 bits per heavy atom. The summed E-state index contributed by atoms with van der Waals surface area (Å²) in [5.74, 6) is -0.414. The standard InChI is InChI=1S/C13H14ClNO4/c1-3-10(13(16)19-4-2)7-9-5-6-11(14)12(8-9)15(17)18/h5-8H,3-4H2,1-2H3. The Labute approximate surface area is 116 Å². The number of hydrogen-bond acceptors (Lipinski definition) is 4. The third kappa shape index (κ3) is 4.06. The molecular weight excluding hydrogens is 270 g/mol. The molecule has 0 heterocycles. The van der Waals surface area contributed by atoms with Crippen LogP contribution in [0, 0.1) is 10.1 Å². The van der Waals surface area contributed by atoms with E-state index in [1.54, 1.807) is 19.1 Å². The van der Waals surface area contributed by atoms with Gasteiger partial charge in [-0.25, -0.2) is 4.79 Å². The Morgan fingerprint density at radius 1 is 1.47 bits per heavy atom. The fraction of sp³-hybridized carbons (Fsp3) is 0.308. The highest BCUT2D eigenvalue weighted by molar-refractivity contribution is 6.32. The Bertz CT molecular complexity index is 525. The first-order valence-corrected chi connectivity index (χ1v) is 6.19. The molecule has 0 N–H and O–H groups in total. The molecule has 0 spiro atoms. The van der Waals surface area contributed by atoms with E-state index < -0.39 is 10.9 Å². The third-order valence-electron chi connectivity index (χ3n) is 2.43. The van der Waals surface area contributed by atoms with E-state index in [1.165, 1.54) is 12.1 Å². The van der Waals surface area contributed by atoms with E-state index in [1.807, 2.05) is 6.92 Å². The number of hydrogen-bond donors (Lipinski definition) is 0. The lowest BCUT2D eigenvalue weighted by molar-refractivity contribution is -0.384. The summed E-state index contributed by atoms with van der Waals surface area (Å²) in [5.41, 5.74) is 0.814. The van der Waals surface area contributed by atoms with Crippen molar-refractivity contribution in [2.24, 2.45) is 0 Å². The number of benzene rings is 1. The van der Waals surface area contributed by atoms with Crippen molar-refractivity contribution in [1.82, 2.24) is 0 Å². The smallest absolute Gasteiger partial charge is 0.333 e. The van der Waals surface area contributed by atoms with Crippen LogP contribution in [0.15, 0.2) is 23.8 Å². The van der Waals surface area contributed by atoms with E-state index in [-0.39, 0.29) is 17.3 Å². The minimum absolute atomic E-state index is 0.0660. The summed E-state index contributed by atoms with van der Waals surface area (Å²) in [6, 6.07) is 4.38. The largest absolute Gasteiger partial charge is 0.463 e. The number of carbonyl (C=O) groups is 1. The molecule has 0 fully saturated rings. The molecule has 5 nitrogen and oxygen atoms in total. The zero-order valence-electron chi connectivity index (χ0n) is 10.7. The van der Waals surface area contributed by atoms with Crippen LogP contribution in [0.3, 0.4) is 0 Å². The Morgan fingerprint density at radius 3 is 2.68 bits per heavy atom. The SMILES string of the molecule is CCOC(=O)C(=Cc1ccc(Cl)c([N+](=O)[O-])c1)CC. The van der Waals surface area contributed by atoms with E-state index in [0.29, 0.717) is 17.6 Å². The Hall–Kier alpha value is -1.88. The maximum atomic E-state index is 11.6. The van der Waals surface area contributed by atoms with Gasteiger partial charge in [-0.3, -0.25) is 10.1 Å². The molecular formula is C13H14ClNO4. The van der Waals surface area contributed by atoms with Crippen LogP contribution >= 0.6 is 11.6 Å². The van der Waals surface area contributed by atoms with Crippen molar-refractivity contribution in [1.29, 1.82) is 0 Å². The highest BCUT2D eigenvalue weighted by atomic mass is 35.5. The molecule has 0 aromatic heterocycles. The first-order valence-electron chi connectivity index (χ1n) is 5.81. The molecule has 1 aromatic carbocycles. The molecule has 0 aliphatic heterocycles. The van der Waals surface area contributed by atoms with Gasteiger partial charge >= 0.3 is 5.97 Å². The number of halogens is 1. The second-order valence-corrected chi connectivity index (χ2v) is 4.12. The van der Waals surface area contributed by atoms with E-state index in [4.69, 9.17) is 16.3 Å². The molecule has 0 unspecified atom stereocenters. The maximum Gasteiger partial charge on any atom is 0.333 e. The van der Waals surface area contributed by atoms with Gasteiger partial charge in [-0.15, -0.1) is 0 Å². The number of rotatable bonds is 5. The van der Waals surface area contributed by atoms with Crippen LogP contribution in [0.1, 0.15) is 25.8 Å². The third-order valence-corrected chi connectivity index (χ3v) is 2.75. The van der Waals surface area contributed by atoms with Crippen LogP contribution in [0.25, 0.3) is 6.08 Å². The lowest BCUT2D eigenvalue weighted by Crippen LogP contribution is -2.06. The molecule has 0 saturated carbocycles. The van der Waals surface area contributed by atoms with Crippen LogP contribution in [-0.2, 0) is 9.53 Å². The van der Waals surface area contributed by atoms with Gasteiger partial charge in [0.25, 0.3) is 5.69 Å². The van der Waals surface area contributed by atoms with Crippen molar-refractivity contribution >= 4 is 29.3 Å². The number of ether oxygens (including phenoxy) is 1. The van der Waals surface area contributed by atoms with Crippen LogP contribution in [0.5, 0.6) is 0 Å². The molecule has 0 aliphatic rings. The molecule has 1 aromatic rings. The molecule has 102 valence electrons. The minimum Gasteiger partial charge on any atom is -0.463 e. The van der Waals surface area contributed by atoms with Crippen molar-refractivity contribution < 1.29 is 14.5 Å². The normalized spacial score (nSPS) is 11.2. The number of nitro groups is 1. The summed E-state index contributed by atoms with van der Waals surface area (Å²) in [7, 11) is 0. The molecule has 0 radical (unpaired) electrons. The fourth-order valence-electron chi connectivity index (χ4n) is 1.49. The molecule has 1 rings (SSSR count). The molecule has 0 amide bonds. The fourth-order valence-corrected chi connectivity index (χ4v) is 1.68. The van der Waals surface area contributed by atoms with Gasteiger partial charge in [-0.2, -0.15) is 0 Å². The van der Waals surface area contributed by atoms with Crippen molar-refractivity contribution in [3.8, 4) is 0 Å². The topological polar surface area (TPSA) is 69.4 Å². The molecule has 0 bridgehead atoms. The first kappa shape index (κ1) is 15.2. The number of carbonyl (C=O) groups excluding carboxylic acids is 1. The predicted molar refractivity (Wildman–Crippen MR) is 73.0 cm³/mol. The summed E-state index contributed by atoms with van der Waals surface area (Å²) in [4.78, 5) is 21.8. The van der Waals surface area contributed by atoms with Gasteiger partial charge < -0.3 is 4.74 Å². The lowest BCUT2D eigenvalue weighted by Gasteiger charge is -2.04. The van der Waals surface area contributed by atoms with Gasteiger partial charge in [0, 0.05) is 11.6 Å². The highest BCUT2D eigenvalue weighted by Gasteiger charge is 2.13. The van der Waals surface area contributed by atoms with Crippen LogP contribution in [0.2, 0.25) is 5.02 Å². The average Bonchev–Trinajstić information content (AvgIpc) is 2.37. The number of nitro benzene ring substituents is 1. The monoisotopic (exact) mass is 283 g/mol. The quantitative estimate of drug-likeness (QED) is 0.358. The van der Waals surface area contributed by atoms with Crippen molar-refractivity contribution in [3.05, 3.63) is 44.5 Å². The zero-order valence-corrected chi connectivity index (χ0v) is 11.4. The van der Waals surface area contributed by atoms with Crippen molar-refractivity contribution in [2.75, 3.05) is 6.61 Å². The van der Waals surface area contributed by atoms with Gasteiger partial charge in [0.2, 0.25) is 0 Å². The van der Waals surface area contributed by atoms with Gasteiger partial charge in [0.05, 0.1) is 11.5 Å². The molecule has 0 saturated heterocycles. The molecule has 0 atom stereocenters. The molecule has 6 heteroatoms. The minimum atomic E-state index is -0.560. The average molecular weight is 284 g/mol. The van der Waals surface area contributed by atoms with E-state index in [0.717, 1.165) is 0 Å².